The molecule has 1 aromatic carbocycles. The summed E-state index contributed by atoms with van der Waals surface area (Å²) in [5.41, 5.74) is -0.666. The first-order valence-corrected chi connectivity index (χ1v) is 8.95. The normalized spacial score (nSPS) is 20.8. The number of amides is 3. The summed E-state index contributed by atoms with van der Waals surface area (Å²) in [5.74, 6) is 1.40. The van der Waals surface area contributed by atoms with Gasteiger partial charge in [0.2, 0.25) is 5.89 Å². The van der Waals surface area contributed by atoms with Crippen LogP contribution in [-0.2, 0) is 16.9 Å². The Balaban J connectivity index is 1.39. The lowest BCUT2D eigenvalue weighted by molar-refractivity contribution is -0.131. The van der Waals surface area contributed by atoms with Gasteiger partial charge in [0.05, 0.1) is 6.26 Å². The van der Waals surface area contributed by atoms with E-state index in [9.17, 15) is 9.59 Å². The molecule has 3 aromatic rings. The zero-order valence-electron chi connectivity index (χ0n) is 15.4. The molecule has 0 spiro atoms. The van der Waals surface area contributed by atoms with Gasteiger partial charge in [-0.25, -0.2) is 4.79 Å². The fourth-order valence-electron chi connectivity index (χ4n) is 3.34. The summed E-state index contributed by atoms with van der Waals surface area (Å²) in [4.78, 5) is 26.7. The van der Waals surface area contributed by atoms with Crippen LogP contribution in [0.25, 0.3) is 11.7 Å². The second kappa shape index (κ2) is 6.36. The number of furan rings is 1. The van der Waals surface area contributed by atoms with Gasteiger partial charge in [-0.05, 0) is 36.8 Å². The van der Waals surface area contributed by atoms with E-state index >= 15 is 0 Å². The molecular weight excluding hydrogens is 380 g/mol. The van der Waals surface area contributed by atoms with E-state index in [-0.39, 0.29) is 18.3 Å². The quantitative estimate of drug-likeness (QED) is 0.666. The molecule has 10 nitrogen and oxygen atoms in total. The maximum absolute atomic E-state index is 13.1. The van der Waals surface area contributed by atoms with Gasteiger partial charge in [-0.2, -0.15) is 0 Å². The molecule has 1 fully saturated rings. The van der Waals surface area contributed by atoms with E-state index < -0.39 is 17.5 Å². The Kier molecular flexibility index (Phi) is 3.79. The summed E-state index contributed by atoms with van der Waals surface area (Å²) in [5, 5.41) is 10.5. The number of carbonyl (C=O) groups excluding carboxylic acids is 2. The Morgan fingerprint density at radius 1 is 1.14 bits per heavy atom. The molecule has 3 amide bonds. The number of aromatic nitrogens is 2. The molecule has 29 heavy (non-hydrogen) atoms. The molecule has 1 atom stereocenters. The minimum atomic E-state index is -1.25. The number of nitrogens with zero attached hydrogens (tertiary/aromatic N) is 3. The number of ether oxygens (including phenoxy) is 2. The second-order valence-corrected chi connectivity index (χ2v) is 6.78. The van der Waals surface area contributed by atoms with Crippen molar-refractivity contribution in [3.05, 3.63) is 48.0 Å². The van der Waals surface area contributed by atoms with Gasteiger partial charge >= 0.3 is 6.03 Å². The topological polar surface area (TPSA) is 120 Å². The molecule has 0 bridgehead atoms. The Hall–Kier alpha value is -3.82. The fraction of sp³-hybridized carbons (Fsp3) is 0.263. The van der Waals surface area contributed by atoms with E-state index in [0.717, 1.165) is 4.90 Å². The summed E-state index contributed by atoms with van der Waals surface area (Å²) in [7, 11) is 0. The fourth-order valence-corrected chi connectivity index (χ4v) is 3.34. The first-order chi connectivity index (χ1) is 14.0. The van der Waals surface area contributed by atoms with Gasteiger partial charge in [0.15, 0.2) is 17.3 Å². The molecule has 4 heterocycles. The summed E-state index contributed by atoms with van der Waals surface area (Å²) in [6.07, 6.45) is 1.48. The highest BCUT2D eigenvalue weighted by molar-refractivity contribution is 6.07. The largest absolute Gasteiger partial charge is 0.486 e. The number of imide groups is 1. The van der Waals surface area contributed by atoms with Crippen molar-refractivity contribution in [2.24, 2.45) is 0 Å². The Labute approximate surface area is 164 Å². The Morgan fingerprint density at radius 2 is 1.97 bits per heavy atom. The first-order valence-electron chi connectivity index (χ1n) is 8.95. The highest BCUT2D eigenvalue weighted by Crippen LogP contribution is 2.37. The number of benzene rings is 1. The SMILES string of the molecule is C[C@]1(c2ccc3c(c2)OCCO3)NC(=O)N(Cc2nnc(-c3ccco3)o2)C1=O. The predicted octanol–water partition coefficient (Wildman–Crippen LogP) is 2.07. The van der Waals surface area contributed by atoms with Crippen molar-refractivity contribution in [2.45, 2.75) is 19.0 Å². The lowest BCUT2D eigenvalue weighted by Gasteiger charge is -2.25. The van der Waals surface area contributed by atoms with Crippen LogP contribution in [0.3, 0.4) is 0 Å². The van der Waals surface area contributed by atoms with Gasteiger partial charge in [0.25, 0.3) is 11.8 Å². The van der Waals surface area contributed by atoms with E-state index in [0.29, 0.717) is 36.0 Å². The van der Waals surface area contributed by atoms with Crippen molar-refractivity contribution in [3.63, 3.8) is 0 Å². The average molecular weight is 396 g/mol. The smallest absolute Gasteiger partial charge is 0.325 e. The lowest BCUT2D eigenvalue weighted by atomic mass is 9.91. The number of hydrogen-bond donors (Lipinski definition) is 1. The molecule has 0 radical (unpaired) electrons. The number of hydrogen-bond acceptors (Lipinski definition) is 8. The van der Waals surface area contributed by atoms with Gasteiger partial charge in [-0.1, -0.05) is 6.07 Å². The standard InChI is InChI=1S/C19H16N4O6/c1-19(11-4-5-12-14(9-11)28-8-7-27-12)17(24)23(18(25)20-19)10-15-21-22-16(29-15)13-3-2-6-26-13/h2-6,9H,7-8,10H2,1H3,(H,20,25)/t19-/m1/s1. The minimum absolute atomic E-state index is 0.117. The van der Waals surface area contributed by atoms with Crippen molar-refractivity contribution < 1.29 is 27.9 Å². The molecule has 2 aliphatic rings. The summed E-state index contributed by atoms with van der Waals surface area (Å²) in [6.45, 7) is 2.38. The number of rotatable bonds is 4. The van der Waals surface area contributed by atoms with E-state index in [4.69, 9.17) is 18.3 Å². The maximum atomic E-state index is 13.1. The number of urea groups is 1. The predicted molar refractivity (Wildman–Crippen MR) is 95.9 cm³/mol. The van der Waals surface area contributed by atoms with Crippen LogP contribution < -0.4 is 14.8 Å². The van der Waals surface area contributed by atoms with Gasteiger partial charge in [0.1, 0.15) is 25.3 Å². The molecule has 1 N–H and O–H groups in total. The Morgan fingerprint density at radius 3 is 2.76 bits per heavy atom. The molecule has 2 aliphatic heterocycles. The van der Waals surface area contributed by atoms with E-state index in [1.54, 1.807) is 37.3 Å². The van der Waals surface area contributed by atoms with Crippen molar-refractivity contribution in [1.82, 2.24) is 20.4 Å². The number of carbonyl (C=O) groups is 2. The van der Waals surface area contributed by atoms with E-state index in [1.165, 1.54) is 6.26 Å². The number of nitrogens with one attached hydrogen (secondary N) is 1. The molecule has 0 saturated carbocycles. The second-order valence-electron chi connectivity index (χ2n) is 6.78. The van der Waals surface area contributed by atoms with Crippen molar-refractivity contribution in [2.75, 3.05) is 13.2 Å². The third kappa shape index (κ3) is 2.80. The third-order valence-corrected chi connectivity index (χ3v) is 4.89. The van der Waals surface area contributed by atoms with Crippen LogP contribution in [0.4, 0.5) is 4.79 Å². The third-order valence-electron chi connectivity index (χ3n) is 4.89. The van der Waals surface area contributed by atoms with Crippen LogP contribution in [0.2, 0.25) is 0 Å². The molecule has 148 valence electrons. The molecule has 2 aromatic heterocycles. The highest BCUT2D eigenvalue weighted by Gasteiger charge is 2.49. The van der Waals surface area contributed by atoms with E-state index in [2.05, 4.69) is 15.5 Å². The summed E-state index contributed by atoms with van der Waals surface area (Å²) in [6, 6.07) is 7.98. The van der Waals surface area contributed by atoms with E-state index in [1.807, 2.05) is 0 Å². The molecule has 1 saturated heterocycles. The first kappa shape index (κ1) is 17.3. The van der Waals surface area contributed by atoms with Crippen LogP contribution in [0, 0.1) is 0 Å². The Bertz CT molecular complexity index is 1090. The molecule has 0 aliphatic carbocycles. The van der Waals surface area contributed by atoms with Gasteiger partial charge in [0, 0.05) is 0 Å². The van der Waals surface area contributed by atoms with Crippen LogP contribution in [0.15, 0.2) is 45.4 Å². The molecular formula is C19H16N4O6. The van der Waals surface area contributed by atoms with Gasteiger partial charge in [-0.15, -0.1) is 10.2 Å². The molecule has 5 rings (SSSR count). The van der Waals surface area contributed by atoms with Crippen molar-refractivity contribution in [1.29, 1.82) is 0 Å². The van der Waals surface area contributed by atoms with Crippen LogP contribution >= 0.6 is 0 Å². The molecule has 0 unspecified atom stereocenters. The van der Waals surface area contributed by atoms with Crippen LogP contribution in [0.5, 0.6) is 11.5 Å². The average Bonchev–Trinajstić information content (AvgIpc) is 3.46. The minimum Gasteiger partial charge on any atom is -0.486 e. The summed E-state index contributed by atoms with van der Waals surface area (Å²) >= 11 is 0. The monoisotopic (exact) mass is 396 g/mol. The van der Waals surface area contributed by atoms with Gasteiger partial charge < -0.3 is 23.6 Å². The van der Waals surface area contributed by atoms with Crippen LogP contribution in [0.1, 0.15) is 18.4 Å². The molecule has 10 heteroatoms. The zero-order chi connectivity index (χ0) is 20.0. The lowest BCUT2D eigenvalue weighted by Crippen LogP contribution is -2.41. The zero-order valence-corrected chi connectivity index (χ0v) is 15.4. The van der Waals surface area contributed by atoms with Crippen LogP contribution in [-0.4, -0.2) is 40.2 Å². The highest BCUT2D eigenvalue weighted by atomic mass is 16.6. The summed E-state index contributed by atoms with van der Waals surface area (Å²) < 4.78 is 21.8. The van der Waals surface area contributed by atoms with Gasteiger partial charge in [-0.3, -0.25) is 9.69 Å². The van der Waals surface area contributed by atoms with Crippen molar-refractivity contribution in [3.8, 4) is 23.1 Å². The number of fused-ring (bicyclic) bond motifs is 1. The maximum Gasteiger partial charge on any atom is 0.325 e. The van der Waals surface area contributed by atoms with Crippen molar-refractivity contribution >= 4 is 11.9 Å².